The average Bonchev–Trinajstić information content (AvgIpc) is 2.44. The minimum Gasteiger partial charge on any atom is -0.489 e. The maximum absolute atomic E-state index is 13.5. The first kappa shape index (κ1) is 13.9. The Labute approximate surface area is 124 Å². The number of ether oxygens (including phenoxy) is 1. The molecule has 21 heavy (non-hydrogen) atoms. The van der Waals surface area contributed by atoms with E-state index in [0.29, 0.717) is 6.42 Å². The van der Waals surface area contributed by atoms with Gasteiger partial charge < -0.3 is 9.84 Å². The molecule has 110 valence electrons. The molecule has 0 aromatic heterocycles. The summed E-state index contributed by atoms with van der Waals surface area (Å²) in [5.41, 5.74) is -0.0165. The molecule has 1 fully saturated rings. The zero-order valence-electron chi connectivity index (χ0n) is 10.9. The zero-order valence-corrected chi connectivity index (χ0v) is 11.7. The number of amides is 1. The summed E-state index contributed by atoms with van der Waals surface area (Å²) in [6.45, 7) is 0.154. The van der Waals surface area contributed by atoms with Crippen molar-refractivity contribution in [2.75, 3.05) is 6.61 Å². The number of fused-ring (bicyclic) bond motifs is 1. The predicted molar refractivity (Wildman–Crippen MR) is 74.2 cm³/mol. The highest BCUT2D eigenvalue weighted by Crippen LogP contribution is 2.40. The van der Waals surface area contributed by atoms with Crippen molar-refractivity contribution in [2.24, 2.45) is 0 Å². The first-order valence-electron chi connectivity index (χ1n) is 6.36. The number of carbonyl (C=O) groups excluding carboxylic acids is 1. The number of thioether (sulfide) groups is 1. The molecule has 1 amide bonds. The summed E-state index contributed by atoms with van der Waals surface area (Å²) < 4.78 is 18.9. The number of benzene rings is 1. The van der Waals surface area contributed by atoms with Crippen LogP contribution in [0.15, 0.2) is 36.0 Å². The van der Waals surface area contributed by atoms with Gasteiger partial charge in [0.05, 0.1) is 17.0 Å². The molecule has 0 saturated carbocycles. The van der Waals surface area contributed by atoms with Gasteiger partial charge in [-0.15, -0.1) is 11.8 Å². The number of rotatable bonds is 4. The SMILES string of the molecule is O=C(O)C1=CC(COc2ccccc2F)S[C@@H]2CC(=O)N12. The predicted octanol–water partition coefficient (Wildman–Crippen LogP) is 1.85. The second-order valence-electron chi connectivity index (χ2n) is 4.70. The molecule has 0 aliphatic carbocycles. The summed E-state index contributed by atoms with van der Waals surface area (Å²) in [5.74, 6) is -1.64. The van der Waals surface area contributed by atoms with Crippen LogP contribution in [-0.4, -0.2) is 39.1 Å². The van der Waals surface area contributed by atoms with Crippen LogP contribution in [0.2, 0.25) is 0 Å². The third-order valence-corrected chi connectivity index (χ3v) is 4.61. The van der Waals surface area contributed by atoms with Gasteiger partial charge in [0.15, 0.2) is 11.6 Å². The first-order chi connectivity index (χ1) is 10.1. The van der Waals surface area contributed by atoms with Gasteiger partial charge in [-0.05, 0) is 18.2 Å². The van der Waals surface area contributed by atoms with Crippen LogP contribution in [0.1, 0.15) is 6.42 Å². The van der Waals surface area contributed by atoms with Crippen molar-refractivity contribution in [3.05, 3.63) is 41.9 Å². The van der Waals surface area contributed by atoms with Crippen LogP contribution in [0.4, 0.5) is 4.39 Å². The molecule has 3 rings (SSSR count). The lowest BCUT2D eigenvalue weighted by Crippen LogP contribution is -2.54. The number of β-lactam (4-membered cyclic amide) rings is 1. The molecule has 0 radical (unpaired) electrons. The Morgan fingerprint density at radius 2 is 2.24 bits per heavy atom. The lowest BCUT2D eigenvalue weighted by Gasteiger charge is -2.44. The van der Waals surface area contributed by atoms with E-state index in [0.717, 1.165) is 0 Å². The van der Waals surface area contributed by atoms with Crippen molar-refractivity contribution in [1.82, 2.24) is 4.90 Å². The van der Waals surface area contributed by atoms with E-state index in [-0.39, 0.29) is 34.6 Å². The van der Waals surface area contributed by atoms with Crippen LogP contribution >= 0.6 is 11.8 Å². The van der Waals surface area contributed by atoms with Gasteiger partial charge in [0.25, 0.3) is 0 Å². The number of para-hydroxylation sites is 1. The van der Waals surface area contributed by atoms with Gasteiger partial charge >= 0.3 is 5.97 Å². The number of hydrogen-bond donors (Lipinski definition) is 1. The summed E-state index contributed by atoms with van der Waals surface area (Å²) in [7, 11) is 0. The highest BCUT2D eigenvalue weighted by molar-refractivity contribution is 8.00. The highest BCUT2D eigenvalue weighted by Gasteiger charge is 2.45. The Morgan fingerprint density at radius 3 is 2.90 bits per heavy atom. The molecule has 0 bridgehead atoms. The fraction of sp³-hybridized carbons (Fsp3) is 0.286. The molecular formula is C14H12FNO4S. The molecule has 7 heteroatoms. The number of hydrogen-bond acceptors (Lipinski definition) is 4. The van der Waals surface area contributed by atoms with Crippen molar-refractivity contribution in [3.63, 3.8) is 0 Å². The highest BCUT2D eigenvalue weighted by atomic mass is 32.2. The topological polar surface area (TPSA) is 66.8 Å². The van der Waals surface area contributed by atoms with E-state index in [9.17, 15) is 14.0 Å². The molecule has 0 spiro atoms. The van der Waals surface area contributed by atoms with E-state index in [1.54, 1.807) is 12.1 Å². The Hall–Kier alpha value is -2.02. The fourth-order valence-electron chi connectivity index (χ4n) is 2.28. The summed E-state index contributed by atoms with van der Waals surface area (Å²) in [5, 5.41) is 8.76. The molecule has 1 saturated heterocycles. The minimum absolute atomic E-state index is 0.0165. The van der Waals surface area contributed by atoms with Crippen molar-refractivity contribution < 1.29 is 23.8 Å². The third-order valence-electron chi connectivity index (χ3n) is 3.30. The van der Waals surface area contributed by atoms with Crippen molar-refractivity contribution in [3.8, 4) is 5.75 Å². The van der Waals surface area contributed by atoms with Crippen LogP contribution in [-0.2, 0) is 9.59 Å². The van der Waals surface area contributed by atoms with E-state index in [1.807, 2.05) is 0 Å². The molecule has 5 nitrogen and oxygen atoms in total. The quantitative estimate of drug-likeness (QED) is 0.860. The number of carbonyl (C=O) groups is 2. The Kier molecular flexibility index (Phi) is 3.59. The molecule has 1 N–H and O–H groups in total. The van der Waals surface area contributed by atoms with Gasteiger partial charge in [0.2, 0.25) is 5.91 Å². The van der Waals surface area contributed by atoms with E-state index in [1.165, 1.54) is 34.9 Å². The molecular weight excluding hydrogens is 297 g/mol. The number of carboxylic acids is 1. The lowest BCUT2D eigenvalue weighted by molar-refractivity contribution is -0.146. The fourth-order valence-corrected chi connectivity index (χ4v) is 3.63. The first-order valence-corrected chi connectivity index (χ1v) is 7.30. The van der Waals surface area contributed by atoms with Crippen molar-refractivity contribution in [1.29, 1.82) is 0 Å². The number of carboxylic acid groups (broad SMARTS) is 1. The second-order valence-corrected chi connectivity index (χ2v) is 6.12. The Morgan fingerprint density at radius 1 is 1.48 bits per heavy atom. The molecule has 1 aromatic rings. The van der Waals surface area contributed by atoms with Crippen LogP contribution in [0, 0.1) is 5.82 Å². The Bertz CT molecular complexity index is 633. The van der Waals surface area contributed by atoms with Crippen LogP contribution < -0.4 is 4.74 Å². The van der Waals surface area contributed by atoms with Gasteiger partial charge in [0.1, 0.15) is 12.3 Å². The number of aliphatic carboxylic acids is 1. The summed E-state index contributed by atoms with van der Waals surface area (Å²) in [6, 6.07) is 6.05. The molecule has 2 aliphatic rings. The summed E-state index contributed by atoms with van der Waals surface area (Å²) in [4.78, 5) is 23.9. The van der Waals surface area contributed by atoms with Crippen LogP contribution in [0.25, 0.3) is 0 Å². The smallest absolute Gasteiger partial charge is 0.352 e. The molecule has 2 atom stereocenters. The molecule has 2 heterocycles. The standard InChI is InChI=1S/C14H12FNO4S/c15-9-3-1-2-4-11(9)20-7-8-5-10(14(18)19)16-12(17)6-13(16)21-8/h1-5,8,13H,6-7H2,(H,18,19)/t8?,13-/m1/s1. The zero-order chi connectivity index (χ0) is 15.0. The molecule has 1 aromatic carbocycles. The van der Waals surface area contributed by atoms with Gasteiger partial charge in [0, 0.05) is 0 Å². The van der Waals surface area contributed by atoms with E-state index in [2.05, 4.69) is 0 Å². The van der Waals surface area contributed by atoms with Crippen molar-refractivity contribution in [2.45, 2.75) is 17.0 Å². The maximum atomic E-state index is 13.5. The van der Waals surface area contributed by atoms with E-state index >= 15 is 0 Å². The molecule has 1 unspecified atom stereocenters. The largest absolute Gasteiger partial charge is 0.489 e. The number of halogens is 1. The van der Waals surface area contributed by atoms with Crippen molar-refractivity contribution >= 4 is 23.6 Å². The monoisotopic (exact) mass is 309 g/mol. The Balaban J connectivity index is 1.72. The molecule has 2 aliphatic heterocycles. The van der Waals surface area contributed by atoms with E-state index < -0.39 is 11.8 Å². The lowest BCUT2D eigenvalue weighted by atomic mass is 10.1. The van der Waals surface area contributed by atoms with E-state index in [4.69, 9.17) is 9.84 Å². The van der Waals surface area contributed by atoms with Crippen LogP contribution in [0.5, 0.6) is 5.75 Å². The maximum Gasteiger partial charge on any atom is 0.352 e. The van der Waals surface area contributed by atoms with Gasteiger partial charge in [-0.1, -0.05) is 12.1 Å². The summed E-state index contributed by atoms with van der Waals surface area (Å²) in [6.07, 6.45) is 1.81. The normalized spacial score (nSPS) is 24.0. The van der Waals surface area contributed by atoms with Crippen LogP contribution in [0.3, 0.4) is 0 Å². The summed E-state index contributed by atoms with van der Waals surface area (Å²) >= 11 is 1.45. The van der Waals surface area contributed by atoms with Gasteiger partial charge in [-0.2, -0.15) is 0 Å². The van der Waals surface area contributed by atoms with Gasteiger partial charge in [-0.25, -0.2) is 9.18 Å². The average molecular weight is 309 g/mol. The third kappa shape index (κ3) is 2.61. The number of nitrogens with zero attached hydrogens (tertiary/aromatic N) is 1. The minimum atomic E-state index is -1.13. The second kappa shape index (κ2) is 5.40. The van der Waals surface area contributed by atoms with Gasteiger partial charge in [-0.3, -0.25) is 9.69 Å².